The van der Waals surface area contributed by atoms with Gasteiger partial charge in [0.15, 0.2) is 5.82 Å². The molecule has 8 heteroatoms. The number of aryl methyl sites for hydroxylation is 1. The van der Waals surface area contributed by atoms with E-state index < -0.39 is 0 Å². The average molecular weight is 373 g/mol. The van der Waals surface area contributed by atoms with E-state index in [1.807, 2.05) is 27.7 Å². The second-order valence-corrected chi connectivity index (χ2v) is 6.83. The summed E-state index contributed by atoms with van der Waals surface area (Å²) in [6.07, 6.45) is 0.647. The van der Waals surface area contributed by atoms with E-state index in [1.54, 1.807) is 25.2 Å². The van der Waals surface area contributed by atoms with Crippen LogP contribution in [0.3, 0.4) is 0 Å². The number of carbonyl (C=O) groups excluding carboxylic acids is 2. The van der Waals surface area contributed by atoms with Crippen LogP contribution < -0.4 is 10.6 Å². The van der Waals surface area contributed by atoms with Crippen LogP contribution in [0.25, 0.3) is 0 Å². The van der Waals surface area contributed by atoms with E-state index in [0.29, 0.717) is 47.4 Å². The summed E-state index contributed by atoms with van der Waals surface area (Å²) in [5.41, 5.74) is 1.85. The van der Waals surface area contributed by atoms with Crippen LogP contribution in [0, 0.1) is 12.8 Å². The predicted octanol–water partition coefficient (Wildman–Crippen LogP) is 2.99. The first-order valence-corrected chi connectivity index (χ1v) is 9.03. The Kier molecular flexibility index (Phi) is 6.92. The molecular weight excluding hydrogens is 346 g/mol. The minimum atomic E-state index is -0.319. The third-order valence-corrected chi connectivity index (χ3v) is 4.03. The molecule has 0 unspecified atom stereocenters. The van der Waals surface area contributed by atoms with E-state index >= 15 is 0 Å². The van der Waals surface area contributed by atoms with Crippen LogP contribution in [0.2, 0.25) is 0 Å². The van der Waals surface area contributed by atoms with Crippen molar-refractivity contribution < 1.29 is 14.1 Å². The molecule has 1 aromatic heterocycles. The van der Waals surface area contributed by atoms with Crippen molar-refractivity contribution in [3.63, 3.8) is 0 Å². The fourth-order valence-corrected chi connectivity index (χ4v) is 2.40. The molecule has 0 saturated carbocycles. The van der Waals surface area contributed by atoms with E-state index in [-0.39, 0.29) is 18.5 Å². The number of urea groups is 1. The third-order valence-electron chi connectivity index (χ3n) is 4.03. The average Bonchev–Trinajstić information content (AvgIpc) is 3.08. The van der Waals surface area contributed by atoms with Crippen LogP contribution in [0.4, 0.5) is 10.5 Å². The summed E-state index contributed by atoms with van der Waals surface area (Å²) in [6, 6.07) is 4.94. The summed E-state index contributed by atoms with van der Waals surface area (Å²) in [5.74, 6) is 1.20. The maximum absolute atomic E-state index is 12.5. The van der Waals surface area contributed by atoms with Crippen molar-refractivity contribution in [3.8, 4) is 0 Å². The maximum atomic E-state index is 12.5. The molecule has 0 radical (unpaired) electrons. The summed E-state index contributed by atoms with van der Waals surface area (Å²) < 4.78 is 5.05. The van der Waals surface area contributed by atoms with Gasteiger partial charge in [-0.1, -0.05) is 32.0 Å². The Labute approximate surface area is 159 Å². The highest BCUT2D eigenvalue weighted by Crippen LogP contribution is 2.19. The van der Waals surface area contributed by atoms with Crippen LogP contribution in [0.5, 0.6) is 0 Å². The minimum Gasteiger partial charge on any atom is -0.352 e. The third kappa shape index (κ3) is 5.54. The van der Waals surface area contributed by atoms with Gasteiger partial charge in [0.25, 0.3) is 5.91 Å². The summed E-state index contributed by atoms with van der Waals surface area (Å²) in [7, 11) is 1.64. The molecule has 3 amide bonds. The SMILES string of the molecule is CCc1nc(CN(C)C(=O)Nc2cccc(C(=O)NCC(C)C)c2C)no1. The molecule has 146 valence electrons. The number of amides is 3. The predicted molar refractivity (Wildman–Crippen MR) is 103 cm³/mol. The van der Waals surface area contributed by atoms with Gasteiger partial charge in [-0.15, -0.1) is 0 Å². The molecule has 0 aliphatic carbocycles. The molecule has 0 aliphatic heterocycles. The molecule has 2 N–H and O–H groups in total. The van der Waals surface area contributed by atoms with E-state index in [0.717, 1.165) is 0 Å². The first-order valence-electron chi connectivity index (χ1n) is 9.03. The quantitative estimate of drug-likeness (QED) is 0.777. The van der Waals surface area contributed by atoms with E-state index in [4.69, 9.17) is 4.52 Å². The number of carbonyl (C=O) groups is 2. The van der Waals surface area contributed by atoms with Crippen molar-refractivity contribution in [1.82, 2.24) is 20.4 Å². The lowest BCUT2D eigenvalue weighted by Gasteiger charge is -2.18. The highest BCUT2D eigenvalue weighted by Gasteiger charge is 2.16. The Morgan fingerprint density at radius 1 is 1.30 bits per heavy atom. The van der Waals surface area contributed by atoms with Gasteiger partial charge < -0.3 is 20.1 Å². The minimum absolute atomic E-state index is 0.149. The Bertz CT molecular complexity index is 800. The standard InChI is InChI=1S/C19H27N5O3/c1-6-17-22-16(23-27-17)11-24(5)19(26)21-15-9-7-8-14(13(15)4)18(25)20-10-12(2)3/h7-9,12H,6,10-11H2,1-5H3,(H,20,25)(H,21,26). The Morgan fingerprint density at radius 3 is 2.67 bits per heavy atom. The lowest BCUT2D eigenvalue weighted by atomic mass is 10.1. The first-order chi connectivity index (χ1) is 12.8. The molecule has 8 nitrogen and oxygen atoms in total. The van der Waals surface area contributed by atoms with Gasteiger partial charge in [-0.2, -0.15) is 4.98 Å². The number of aromatic nitrogens is 2. The molecule has 0 bridgehead atoms. The van der Waals surface area contributed by atoms with Crippen molar-refractivity contribution in [2.45, 2.75) is 40.7 Å². The summed E-state index contributed by atoms with van der Waals surface area (Å²) in [6.45, 7) is 8.62. The molecule has 0 atom stereocenters. The first kappa shape index (κ1) is 20.4. The molecule has 0 saturated heterocycles. The fourth-order valence-electron chi connectivity index (χ4n) is 2.40. The monoisotopic (exact) mass is 373 g/mol. The van der Waals surface area contributed by atoms with Crippen LogP contribution in [-0.2, 0) is 13.0 Å². The lowest BCUT2D eigenvalue weighted by Crippen LogP contribution is -2.32. The Morgan fingerprint density at radius 2 is 2.04 bits per heavy atom. The highest BCUT2D eigenvalue weighted by molar-refractivity contribution is 5.99. The molecule has 1 heterocycles. The zero-order chi connectivity index (χ0) is 20.0. The van der Waals surface area contributed by atoms with Gasteiger partial charge in [0.2, 0.25) is 5.89 Å². The summed E-state index contributed by atoms with van der Waals surface area (Å²) in [4.78, 5) is 30.5. The van der Waals surface area contributed by atoms with Gasteiger partial charge in [-0.3, -0.25) is 4.79 Å². The van der Waals surface area contributed by atoms with Crippen molar-refractivity contribution in [2.24, 2.45) is 5.92 Å². The molecular formula is C19H27N5O3. The molecule has 0 aliphatic rings. The number of hydrogen-bond acceptors (Lipinski definition) is 5. The Balaban J connectivity index is 2.04. The molecule has 0 fully saturated rings. The van der Waals surface area contributed by atoms with Crippen molar-refractivity contribution in [1.29, 1.82) is 0 Å². The molecule has 1 aromatic carbocycles. The van der Waals surface area contributed by atoms with Crippen molar-refractivity contribution in [2.75, 3.05) is 18.9 Å². The molecule has 2 aromatic rings. The fraction of sp³-hybridized carbons (Fsp3) is 0.474. The number of anilines is 1. The van der Waals surface area contributed by atoms with Gasteiger partial charge in [0.1, 0.15) is 0 Å². The van der Waals surface area contributed by atoms with E-state index in [9.17, 15) is 9.59 Å². The second-order valence-electron chi connectivity index (χ2n) is 6.83. The second kappa shape index (κ2) is 9.16. The van der Waals surface area contributed by atoms with Crippen molar-refractivity contribution >= 4 is 17.6 Å². The van der Waals surface area contributed by atoms with Crippen LogP contribution in [0.15, 0.2) is 22.7 Å². The van der Waals surface area contributed by atoms with Crippen LogP contribution in [-0.4, -0.2) is 40.6 Å². The van der Waals surface area contributed by atoms with E-state index in [2.05, 4.69) is 20.8 Å². The van der Waals surface area contributed by atoms with Gasteiger partial charge >= 0.3 is 6.03 Å². The van der Waals surface area contributed by atoms with Gasteiger partial charge in [-0.25, -0.2) is 4.79 Å². The van der Waals surface area contributed by atoms with Crippen molar-refractivity contribution in [3.05, 3.63) is 41.0 Å². The normalized spacial score (nSPS) is 10.7. The van der Waals surface area contributed by atoms with Crippen LogP contribution >= 0.6 is 0 Å². The number of benzene rings is 1. The molecule has 2 rings (SSSR count). The lowest BCUT2D eigenvalue weighted by molar-refractivity contribution is 0.0948. The number of nitrogens with one attached hydrogen (secondary N) is 2. The maximum Gasteiger partial charge on any atom is 0.322 e. The largest absolute Gasteiger partial charge is 0.352 e. The van der Waals surface area contributed by atoms with E-state index in [1.165, 1.54) is 4.90 Å². The highest BCUT2D eigenvalue weighted by atomic mass is 16.5. The van der Waals surface area contributed by atoms with Gasteiger partial charge in [0.05, 0.1) is 6.54 Å². The molecule has 27 heavy (non-hydrogen) atoms. The summed E-state index contributed by atoms with van der Waals surface area (Å²) in [5, 5.41) is 9.57. The van der Waals surface area contributed by atoms with Gasteiger partial charge in [0, 0.05) is 31.3 Å². The topological polar surface area (TPSA) is 100 Å². The smallest absolute Gasteiger partial charge is 0.322 e. The summed E-state index contributed by atoms with van der Waals surface area (Å²) >= 11 is 0. The number of hydrogen-bond donors (Lipinski definition) is 2. The molecule has 0 spiro atoms. The zero-order valence-corrected chi connectivity index (χ0v) is 16.5. The number of rotatable bonds is 7. The van der Waals surface area contributed by atoms with Gasteiger partial charge in [-0.05, 0) is 30.5 Å². The zero-order valence-electron chi connectivity index (χ0n) is 16.5. The van der Waals surface area contributed by atoms with Crippen LogP contribution in [0.1, 0.15) is 48.4 Å². The number of nitrogens with zero attached hydrogens (tertiary/aromatic N) is 3. The Hall–Kier alpha value is -2.90.